The summed E-state index contributed by atoms with van der Waals surface area (Å²) in [5.41, 5.74) is 1.24. The molecule has 0 saturated carbocycles. The molecule has 3 rings (SSSR count). The van der Waals surface area contributed by atoms with Gasteiger partial charge in [-0.3, -0.25) is 0 Å². The first-order chi connectivity index (χ1) is 8.90. The lowest BCUT2D eigenvalue weighted by Crippen LogP contribution is -2.06. The largest absolute Gasteiger partial charge is 0.491 e. The molecular weight excluding hydrogens is 232 g/mol. The summed E-state index contributed by atoms with van der Waals surface area (Å²) >= 11 is 0. The molecule has 2 unspecified atom stereocenters. The highest BCUT2D eigenvalue weighted by Crippen LogP contribution is 2.17. The van der Waals surface area contributed by atoms with Crippen LogP contribution in [-0.2, 0) is 20.6 Å². The number of rotatable bonds is 8. The maximum Gasteiger partial charge on any atom is 0.119 e. The van der Waals surface area contributed by atoms with Gasteiger partial charge in [0.15, 0.2) is 0 Å². The monoisotopic (exact) mass is 250 g/mol. The lowest BCUT2D eigenvalue weighted by Gasteiger charge is -2.07. The van der Waals surface area contributed by atoms with Crippen LogP contribution in [0, 0.1) is 0 Å². The number of epoxide rings is 2. The zero-order valence-corrected chi connectivity index (χ0v) is 10.3. The van der Waals surface area contributed by atoms with Crippen molar-refractivity contribution >= 4 is 0 Å². The van der Waals surface area contributed by atoms with Gasteiger partial charge >= 0.3 is 0 Å². The molecule has 18 heavy (non-hydrogen) atoms. The van der Waals surface area contributed by atoms with Crippen LogP contribution in [0.5, 0.6) is 5.75 Å². The van der Waals surface area contributed by atoms with E-state index in [1.165, 1.54) is 5.56 Å². The van der Waals surface area contributed by atoms with Crippen LogP contribution < -0.4 is 4.74 Å². The summed E-state index contributed by atoms with van der Waals surface area (Å²) in [6.45, 7) is 3.78. The molecule has 0 N–H and O–H groups in total. The highest BCUT2D eigenvalue weighted by Gasteiger charge is 2.23. The van der Waals surface area contributed by atoms with E-state index in [0.717, 1.165) is 38.6 Å². The molecule has 1 aromatic carbocycles. The minimum Gasteiger partial charge on any atom is -0.491 e. The van der Waals surface area contributed by atoms with Gasteiger partial charge in [0, 0.05) is 0 Å². The van der Waals surface area contributed by atoms with Gasteiger partial charge in [0.1, 0.15) is 24.6 Å². The topological polar surface area (TPSA) is 43.5 Å². The van der Waals surface area contributed by atoms with Crippen LogP contribution in [0.25, 0.3) is 0 Å². The van der Waals surface area contributed by atoms with Crippen LogP contribution in [0.3, 0.4) is 0 Å². The van der Waals surface area contributed by atoms with E-state index < -0.39 is 0 Å². The highest BCUT2D eigenvalue weighted by atomic mass is 16.6. The summed E-state index contributed by atoms with van der Waals surface area (Å²) in [6.07, 6.45) is 1.55. The molecule has 2 atom stereocenters. The second kappa shape index (κ2) is 5.69. The molecule has 0 aromatic heterocycles. The smallest absolute Gasteiger partial charge is 0.119 e. The van der Waals surface area contributed by atoms with Crippen molar-refractivity contribution in [2.45, 2.75) is 18.6 Å². The third kappa shape index (κ3) is 3.98. The summed E-state index contributed by atoms with van der Waals surface area (Å²) < 4.78 is 21.4. The van der Waals surface area contributed by atoms with Crippen molar-refractivity contribution in [2.24, 2.45) is 0 Å². The molecule has 0 amide bonds. The van der Waals surface area contributed by atoms with Gasteiger partial charge < -0.3 is 18.9 Å². The fraction of sp³-hybridized carbons (Fsp3) is 0.571. The Bertz CT molecular complexity index is 385. The molecule has 2 aliphatic rings. The first-order valence-electron chi connectivity index (χ1n) is 6.43. The molecule has 4 heteroatoms. The molecule has 98 valence electrons. The summed E-state index contributed by atoms with van der Waals surface area (Å²) in [5, 5.41) is 0. The SMILES string of the molecule is c1cc(CCOCC2CO2)cc(OCC2CO2)c1. The zero-order valence-electron chi connectivity index (χ0n) is 10.3. The Kier molecular flexibility index (Phi) is 3.78. The van der Waals surface area contributed by atoms with E-state index in [0.29, 0.717) is 18.8 Å². The van der Waals surface area contributed by atoms with Crippen molar-refractivity contribution in [3.05, 3.63) is 29.8 Å². The Morgan fingerprint density at radius 1 is 1.11 bits per heavy atom. The van der Waals surface area contributed by atoms with Gasteiger partial charge in [-0.05, 0) is 24.1 Å². The van der Waals surface area contributed by atoms with Crippen LogP contribution >= 0.6 is 0 Å². The standard InChI is InChI=1S/C14H18O4/c1-2-11(4-5-15-7-13-8-17-13)6-12(3-1)16-9-14-10-18-14/h1-3,6,13-14H,4-5,7-10H2. The number of hydrogen-bond acceptors (Lipinski definition) is 4. The molecular formula is C14H18O4. The second-order valence-electron chi connectivity index (χ2n) is 4.69. The van der Waals surface area contributed by atoms with E-state index in [-0.39, 0.29) is 0 Å². The molecule has 0 spiro atoms. The predicted octanol–water partition coefficient (Wildman–Crippen LogP) is 1.42. The van der Waals surface area contributed by atoms with Gasteiger partial charge in [-0.25, -0.2) is 0 Å². The Labute approximate surface area is 107 Å². The fourth-order valence-corrected chi connectivity index (χ4v) is 1.71. The molecule has 2 aliphatic heterocycles. The molecule has 4 nitrogen and oxygen atoms in total. The van der Waals surface area contributed by atoms with Gasteiger partial charge in [-0.1, -0.05) is 12.1 Å². The molecule has 0 bridgehead atoms. The van der Waals surface area contributed by atoms with E-state index >= 15 is 0 Å². The Morgan fingerprint density at radius 3 is 2.67 bits per heavy atom. The summed E-state index contributed by atoms with van der Waals surface area (Å²) in [4.78, 5) is 0. The second-order valence-corrected chi connectivity index (χ2v) is 4.69. The van der Waals surface area contributed by atoms with E-state index in [2.05, 4.69) is 12.1 Å². The first-order valence-corrected chi connectivity index (χ1v) is 6.43. The molecule has 1 aromatic rings. The quantitative estimate of drug-likeness (QED) is 0.517. The fourth-order valence-electron chi connectivity index (χ4n) is 1.71. The van der Waals surface area contributed by atoms with Crippen LogP contribution in [0.4, 0.5) is 0 Å². The number of hydrogen-bond donors (Lipinski definition) is 0. The molecule has 2 fully saturated rings. The minimum absolute atomic E-state index is 0.301. The normalized spacial score (nSPS) is 24.9. The zero-order chi connectivity index (χ0) is 12.2. The van der Waals surface area contributed by atoms with Gasteiger partial charge in [-0.15, -0.1) is 0 Å². The summed E-state index contributed by atoms with van der Waals surface area (Å²) in [7, 11) is 0. The van der Waals surface area contributed by atoms with Gasteiger partial charge in [0.05, 0.1) is 26.4 Å². The summed E-state index contributed by atoms with van der Waals surface area (Å²) in [6, 6.07) is 8.16. The van der Waals surface area contributed by atoms with Crippen LogP contribution in [0.1, 0.15) is 5.56 Å². The van der Waals surface area contributed by atoms with Crippen LogP contribution in [-0.4, -0.2) is 45.2 Å². The van der Waals surface area contributed by atoms with E-state index in [9.17, 15) is 0 Å². The van der Waals surface area contributed by atoms with Crippen LogP contribution in [0.15, 0.2) is 24.3 Å². The third-order valence-electron chi connectivity index (χ3n) is 2.98. The van der Waals surface area contributed by atoms with Crippen LogP contribution in [0.2, 0.25) is 0 Å². The third-order valence-corrected chi connectivity index (χ3v) is 2.98. The Hall–Kier alpha value is -1.10. The lowest BCUT2D eigenvalue weighted by molar-refractivity contribution is 0.119. The predicted molar refractivity (Wildman–Crippen MR) is 65.9 cm³/mol. The van der Waals surface area contributed by atoms with Crippen molar-refractivity contribution < 1.29 is 18.9 Å². The van der Waals surface area contributed by atoms with Crippen molar-refractivity contribution in [1.82, 2.24) is 0 Å². The number of ether oxygens (including phenoxy) is 4. The minimum atomic E-state index is 0.301. The van der Waals surface area contributed by atoms with Gasteiger partial charge in [0.25, 0.3) is 0 Å². The highest BCUT2D eigenvalue weighted by molar-refractivity contribution is 5.28. The van der Waals surface area contributed by atoms with E-state index in [1.54, 1.807) is 0 Å². The molecule has 2 heterocycles. The van der Waals surface area contributed by atoms with E-state index in [4.69, 9.17) is 18.9 Å². The number of benzene rings is 1. The van der Waals surface area contributed by atoms with Gasteiger partial charge in [-0.2, -0.15) is 0 Å². The van der Waals surface area contributed by atoms with E-state index in [1.807, 2.05) is 12.1 Å². The first kappa shape index (κ1) is 12.0. The Morgan fingerprint density at radius 2 is 1.89 bits per heavy atom. The molecule has 2 saturated heterocycles. The van der Waals surface area contributed by atoms with Crippen molar-refractivity contribution in [1.29, 1.82) is 0 Å². The molecule has 0 aliphatic carbocycles. The average molecular weight is 250 g/mol. The van der Waals surface area contributed by atoms with Gasteiger partial charge in [0.2, 0.25) is 0 Å². The van der Waals surface area contributed by atoms with Crippen molar-refractivity contribution in [3.63, 3.8) is 0 Å². The lowest BCUT2D eigenvalue weighted by atomic mass is 10.1. The average Bonchev–Trinajstić information content (AvgIpc) is 3.27. The Balaban J connectivity index is 1.40. The van der Waals surface area contributed by atoms with Crippen molar-refractivity contribution in [2.75, 3.05) is 33.0 Å². The van der Waals surface area contributed by atoms with Crippen molar-refractivity contribution in [3.8, 4) is 5.75 Å². The summed E-state index contributed by atoms with van der Waals surface area (Å²) in [5.74, 6) is 0.911. The molecule has 0 radical (unpaired) electrons. The maximum absolute atomic E-state index is 5.64. The maximum atomic E-state index is 5.64.